The van der Waals surface area contributed by atoms with Gasteiger partial charge in [0, 0.05) is 24.3 Å². The van der Waals surface area contributed by atoms with Gasteiger partial charge >= 0.3 is 0 Å². The summed E-state index contributed by atoms with van der Waals surface area (Å²) >= 11 is 1.66. The molecule has 0 bridgehead atoms. The number of aryl methyl sites for hydroxylation is 1. The van der Waals surface area contributed by atoms with E-state index >= 15 is 0 Å². The Labute approximate surface area is 81.9 Å². The molecule has 0 atom stereocenters. The molecule has 0 unspecified atom stereocenters. The standard InChI is InChI=1S/C9H14N2OS/c1-7-6-13-8(11-7)9(10)2-4-12-5-3-9/h6H,2-5,10H2,1H3. The molecular formula is C9H14N2OS. The lowest BCUT2D eigenvalue weighted by atomic mass is 9.92. The van der Waals surface area contributed by atoms with Crippen LogP contribution in [0.15, 0.2) is 5.38 Å². The zero-order valence-electron chi connectivity index (χ0n) is 7.75. The van der Waals surface area contributed by atoms with E-state index in [9.17, 15) is 0 Å². The Kier molecular flexibility index (Phi) is 2.36. The minimum absolute atomic E-state index is 0.225. The van der Waals surface area contributed by atoms with Crippen molar-refractivity contribution in [1.82, 2.24) is 4.98 Å². The Balaban J connectivity index is 2.22. The Bertz CT molecular complexity index is 292. The molecule has 1 saturated heterocycles. The lowest BCUT2D eigenvalue weighted by molar-refractivity contribution is 0.0521. The number of nitrogens with two attached hydrogens (primary N) is 1. The first-order valence-corrected chi connectivity index (χ1v) is 5.38. The zero-order chi connectivity index (χ0) is 9.31. The molecule has 0 saturated carbocycles. The molecule has 0 radical (unpaired) electrons. The van der Waals surface area contributed by atoms with Gasteiger partial charge in [-0.05, 0) is 19.8 Å². The monoisotopic (exact) mass is 198 g/mol. The SMILES string of the molecule is Cc1csc(C2(N)CCOCC2)n1. The van der Waals surface area contributed by atoms with Gasteiger partial charge in [-0.2, -0.15) is 0 Å². The van der Waals surface area contributed by atoms with Crippen molar-refractivity contribution >= 4 is 11.3 Å². The Hall–Kier alpha value is -0.450. The summed E-state index contributed by atoms with van der Waals surface area (Å²) in [5.41, 5.74) is 7.10. The minimum Gasteiger partial charge on any atom is -0.381 e. The average molecular weight is 198 g/mol. The third kappa shape index (κ3) is 1.75. The van der Waals surface area contributed by atoms with Crippen LogP contribution in [0.2, 0.25) is 0 Å². The predicted octanol–water partition coefficient (Wildman–Crippen LogP) is 1.42. The van der Waals surface area contributed by atoms with E-state index in [-0.39, 0.29) is 5.54 Å². The van der Waals surface area contributed by atoms with Gasteiger partial charge in [0.05, 0.1) is 5.54 Å². The fourth-order valence-electron chi connectivity index (χ4n) is 1.53. The molecule has 4 heteroatoms. The molecule has 2 N–H and O–H groups in total. The molecule has 0 spiro atoms. The number of thiazole rings is 1. The second kappa shape index (κ2) is 3.36. The van der Waals surface area contributed by atoms with Gasteiger partial charge in [-0.25, -0.2) is 4.98 Å². The van der Waals surface area contributed by atoms with Crippen LogP contribution in [0.1, 0.15) is 23.5 Å². The Morgan fingerprint density at radius 2 is 2.23 bits per heavy atom. The van der Waals surface area contributed by atoms with Crippen molar-refractivity contribution in [2.24, 2.45) is 5.73 Å². The number of hydrogen-bond acceptors (Lipinski definition) is 4. The van der Waals surface area contributed by atoms with Gasteiger partial charge in [0.15, 0.2) is 0 Å². The van der Waals surface area contributed by atoms with Crippen molar-refractivity contribution in [3.8, 4) is 0 Å². The van der Waals surface area contributed by atoms with Gasteiger partial charge in [0.2, 0.25) is 0 Å². The molecule has 0 aromatic carbocycles. The van der Waals surface area contributed by atoms with Crippen molar-refractivity contribution in [2.45, 2.75) is 25.3 Å². The first kappa shape index (κ1) is 9.12. The quantitative estimate of drug-likeness (QED) is 0.742. The maximum atomic E-state index is 6.26. The van der Waals surface area contributed by atoms with Crippen molar-refractivity contribution in [3.63, 3.8) is 0 Å². The summed E-state index contributed by atoms with van der Waals surface area (Å²) in [5.74, 6) is 0. The molecule has 1 aromatic heterocycles. The maximum Gasteiger partial charge on any atom is 0.113 e. The van der Waals surface area contributed by atoms with Crippen molar-refractivity contribution in [3.05, 3.63) is 16.1 Å². The third-order valence-electron chi connectivity index (χ3n) is 2.43. The molecule has 1 aliphatic heterocycles. The van der Waals surface area contributed by atoms with Gasteiger partial charge in [-0.15, -0.1) is 11.3 Å². The molecular weight excluding hydrogens is 184 g/mol. The van der Waals surface area contributed by atoms with Gasteiger partial charge in [-0.1, -0.05) is 0 Å². The Morgan fingerprint density at radius 1 is 1.54 bits per heavy atom. The third-order valence-corrected chi connectivity index (χ3v) is 3.61. The van der Waals surface area contributed by atoms with E-state index in [1.807, 2.05) is 6.92 Å². The van der Waals surface area contributed by atoms with Gasteiger partial charge in [0.25, 0.3) is 0 Å². The lowest BCUT2D eigenvalue weighted by Gasteiger charge is -2.31. The number of aromatic nitrogens is 1. The van der Waals surface area contributed by atoms with Gasteiger partial charge in [-0.3, -0.25) is 0 Å². The summed E-state index contributed by atoms with van der Waals surface area (Å²) in [6, 6.07) is 0. The second-order valence-electron chi connectivity index (χ2n) is 3.56. The van der Waals surface area contributed by atoms with Crippen LogP contribution in [0.4, 0.5) is 0 Å². The Morgan fingerprint density at radius 3 is 2.77 bits per heavy atom. The fourth-order valence-corrected chi connectivity index (χ4v) is 2.50. The zero-order valence-corrected chi connectivity index (χ0v) is 8.56. The highest BCUT2D eigenvalue weighted by Gasteiger charge is 2.32. The number of hydrogen-bond donors (Lipinski definition) is 1. The van der Waals surface area contributed by atoms with E-state index in [0.29, 0.717) is 0 Å². The number of rotatable bonds is 1. The highest BCUT2D eigenvalue weighted by atomic mass is 32.1. The largest absolute Gasteiger partial charge is 0.381 e. The van der Waals surface area contributed by atoms with Crippen LogP contribution in [-0.4, -0.2) is 18.2 Å². The normalized spacial score (nSPS) is 21.7. The van der Waals surface area contributed by atoms with Crippen LogP contribution in [0.5, 0.6) is 0 Å². The first-order chi connectivity index (χ1) is 6.21. The molecule has 72 valence electrons. The van der Waals surface area contributed by atoms with E-state index in [0.717, 1.165) is 36.8 Å². The van der Waals surface area contributed by atoms with Crippen LogP contribution >= 0.6 is 11.3 Å². The molecule has 0 aliphatic carbocycles. The first-order valence-electron chi connectivity index (χ1n) is 4.50. The summed E-state index contributed by atoms with van der Waals surface area (Å²) in [7, 11) is 0. The van der Waals surface area contributed by atoms with Crippen LogP contribution in [0.3, 0.4) is 0 Å². The second-order valence-corrected chi connectivity index (χ2v) is 4.42. The summed E-state index contributed by atoms with van der Waals surface area (Å²) in [6.45, 7) is 3.52. The summed E-state index contributed by atoms with van der Waals surface area (Å²) in [5, 5.41) is 3.12. The van der Waals surface area contributed by atoms with E-state index in [1.54, 1.807) is 11.3 Å². The highest BCUT2D eigenvalue weighted by Crippen LogP contribution is 2.31. The van der Waals surface area contributed by atoms with E-state index in [4.69, 9.17) is 10.5 Å². The summed E-state index contributed by atoms with van der Waals surface area (Å²) in [4.78, 5) is 4.44. The van der Waals surface area contributed by atoms with Crippen molar-refractivity contribution in [1.29, 1.82) is 0 Å². The smallest absolute Gasteiger partial charge is 0.113 e. The van der Waals surface area contributed by atoms with E-state index in [1.165, 1.54) is 0 Å². The molecule has 1 fully saturated rings. The van der Waals surface area contributed by atoms with Crippen LogP contribution < -0.4 is 5.73 Å². The molecule has 3 nitrogen and oxygen atoms in total. The van der Waals surface area contributed by atoms with Gasteiger partial charge < -0.3 is 10.5 Å². The van der Waals surface area contributed by atoms with Crippen molar-refractivity contribution in [2.75, 3.05) is 13.2 Å². The van der Waals surface area contributed by atoms with Crippen molar-refractivity contribution < 1.29 is 4.74 Å². The van der Waals surface area contributed by atoms with Crippen LogP contribution in [0, 0.1) is 6.92 Å². The molecule has 2 rings (SSSR count). The van der Waals surface area contributed by atoms with E-state index < -0.39 is 0 Å². The predicted molar refractivity (Wildman–Crippen MR) is 52.8 cm³/mol. The molecule has 13 heavy (non-hydrogen) atoms. The minimum atomic E-state index is -0.225. The summed E-state index contributed by atoms with van der Waals surface area (Å²) in [6.07, 6.45) is 1.78. The van der Waals surface area contributed by atoms with Crippen LogP contribution in [0.25, 0.3) is 0 Å². The van der Waals surface area contributed by atoms with E-state index in [2.05, 4.69) is 10.4 Å². The molecule has 2 heterocycles. The maximum absolute atomic E-state index is 6.26. The average Bonchev–Trinajstić information content (AvgIpc) is 2.54. The number of nitrogens with zero attached hydrogens (tertiary/aromatic N) is 1. The number of ether oxygens (including phenoxy) is 1. The molecule has 1 aromatic rings. The van der Waals surface area contributed by atoms with Crippen LogP contribution in [-0.2, 0) is 10.3 Å². The fraction of sp³-hybridized carbons (Fsp3) is 0.667. The molecule has 1 aliphatic rings. The lowest BCUT2D eigenvalue weighted by Crippen LogP contribution is -2.42. The topological polar surface area (TPSA) is 48.1 Å². The summed E-state index contributed by atoms with van der Waals surface area (Å²) < 4.78 is 5.29. The molecule has 0 amide bonds. The van der Waals surface area contributed by atoms with Gasteiger partial charge in [0.1, 0.15) is 5.01 Å². The highest BCUT2D eigenvalue weighted by molar-refractivity contribution is 7.09.